The largest absolute Gasteiger partial charge is 0.508 e. The second kappa shape index (κ2) is 5.69. The van der Waals surface area contributed by atoms with Crippen LogP contribution in [0.15, 0.2) is 42.1 Å². The Morgan fingerprint density at radius 2 is 1.91 bits per heavy atom. The van der Waals surface area contributed by atoms with Crippen LogP contribution in [0.25, 0.3) is 0 Å². The Bertz CT molecular complexity index is 848. The Balaban J connectivity index is 1.92. The fourth-order valence-corrected chi connectivity index (χ4v) is 3.13. The molecule has 23 heavy (non-hydrogen) atoms. The van der Waals surface area contributed by atoms with Crippen molar-refractivity contribution in [1.29, 1.82) is 0 Å². The van der Waals surface area contributed by atoms with Gasteiger partial charge < -0.3 is 15.2 Å². The molecule has 3 rings (SSSR count). The number of ether oxygens (including phenoxy) is 1. The highest BCUT2D eigenvalue weighted by Gasteiger charge is 2.30. The van der Waals surface area contributed by atoms with Crippen LogP contribution in [0, 0.1) is 0 Å². The summed E-state index contributed by atoms with van der Waals surface area (Å²) in [5, 5.41) is 12.1. The number of thiophene rings is 1. The number of fused-ring (bicyclic) bond motifs is 1. The number of allylic oxidation sites excluding steroid dienone is 2. The summed E-state index contributed by atoms with van der Waals surface area (Å²) in [7, 11) is 1.24. The summed E-state index contributed by atoms with van der Waals surface area (Å²) in [6.45, 7) is 0. The third-order valence-corrected chi connectivity index (χ3v) is 4.38. The number of phenols is 1. The van der Waals surface area contributed by atoms with Crippen LogP contribution in [-0.4, -0.2) is 29.8 Å². The maximum Gasteiger partial charge on any atom is 0.348 e. The number of hydrogen-bond acceptors (Lipinski definition) is 7. The van der Waals surface area contributed by atoms with Crippen molar-refractivity contribution in [1.82, 2.24) is 0 Å². The molecule has 116 valence electrons. The van der Waals surface area contributed by atoms with Crippen LogP contribution < -0.4 is 5.32 Å². The number of Topliss-reactive ketones (excluding diaryl/α,β-unsaturated/α-hetero) is 1. The van der Waals surface area contributed by atoms with Gasteiger partial charge >= 0.3 is 5.97 Å². The lowest BCUT2D eigenvalue weighted by atomic mass is 10.00. The van der Waals surface area contributed by atoms with Crippen LogP contribution in [0.4, 0.5) is 5.69 Å². The zero-order chi connectivity index (χ0) is 16.6. The molecule has 0 amide bonds. The van der Waals surface area contributed by atoms with E-state index in [1.54, 1.807) is 12.1 Å². The first-order valence-corrected chi connectivity index (χ1v) is 7.40. The summed E-state index contributed by atoms with van der Waals surface area (Å²) in [6, 6.07) is 7.46. The Morgan fingerprint density at radius 1 is 1.22 bits per heavy atom. The van der Waals surface area contributed by atoms with Crippen LogP contribution in [0.2, 0.25) is 0 Å². The van der Waals surface area contributed by atoms with Crippen molar-refractivity contribution in [3.05, 3.63) is 57.4 Å². The maximum atomic E-state index is 12.5. The summed E-state index contributed by atoms with van der Waals surface area (Å²) in [5.41, 5.74) is 0.855. The first-order valence-electron chi connectivity index (χ1n) is 6.58. The molecule has 1 heterocycles. The molecule has 0 aliphatic heterocycles. The zero-order valence-corrected chi connectivity index (χ0v) is 12.8. The number of benzene rings is 1. The maximum absolute atomic E-state index is 12.5. The molecule has 2 aromatic rings. The summed E-state index contributed by atoms with van der Waals surface area (Å²) < 4.78 is 4.61. The number of anilines is 1. The Kier molecular flexibility index (Phi) is 3.71. The van der Waals surface area contributed by atoms with E-state index >= 15 is 0 Å². The van der Waals surface area contributed by atoms with E-state index in [4.69, 9.17) is 0 Å². The molecule has 0 saturated carbocycles. The van der Waals surface area contributed by atoms with Gasteiger partial charge in [-0.05, 0) is 30.3 Å². The van der Waals surface area contributed by atoms with Crippen molar-refractivity contribution in [2.45, 2.75) is 0 Å². The summed E-state index contributed by atoms with van der Waals surface area (Å²) in [4.78, 5) is 36.6. The smallest absolute Gasteiger partial charge is 0.348 e. The molecule has 6 nitrogen and oxygen atoms in total. The van der Waals surface area contributed by atoms with Crippen molar-refractivity contribution >= 4 is 34.6 Å². The van der Waals surface area contributed by atoms with E-state index in [9.17, 15) is 19.5 Å². The third kappa shape index (κ3) is 2.74. The number of nitrogens with one attached hydrogen (secondary N) is 1. The lowest BCUT2D eigenvalue weighted by Crippen LogP contribution is -2.19. The first kappa shape index (κ1) is 15.0. The second-order valence-electron chi connectivity index (χ2n) is 4.77. The number of hydrogen-bond donors (Lipinski definition) is 2. The van der Waals surface area contributed by atoms with Gasteiger partial charge in [-0.1, -0.05) is 0 Å². The van der Waals surface area contributed by atoms with Crippen LogP contribution in [0.3, 0.4) is 0 Å². The third-order valence-electron chi connectivity index (χ3n) is 3.25. The molecule has 0 fully saturated rings. The molecular formula is C16H11NO5S. The van der Waals surface area contributed by atoms with Crippen LogP contribution in [0.1, 0.15) is 29.7 Å². The average molecular weight is 329 g/mol. The normalized spacial score (nSPS) is 13.3. The molecule has 1 aromatic carbocycles. The number of ketones is 2. The molecular weight excluding hydrogens is 318 g/mol. The lowest BCUT2D eigenvalue weighted by Gasteiger charge is -2.13. The number of methoxy groups -OCH3 is 1. The monoisotopic (exact) mass is 329 g/mol. The fraction of sp³-hybridized carbons (Fsp3) is 0.0625. The van der Waals surface area contributed by atoms with Crippen molar-refractivity contribution < 1.29 is 24.2 Å². The molecule has 0 bridgehead atoms. The van der Waals surface area contributed by atoms with Gasteiger partial charge in [0.2, 0.25) is 5.78 Å². The molecule has 2 N–H and O–H groups in total. The second-order valence-corrected chi connectivity index (χ2v) is 5.82. The van der Waals surface area contributed by atoms with E-state index in [-0.39, 0.29) is 38.3 Å². The van der Waals surface area contributed by atoms with Crippen molar-refractivity contribution in [3.63, 3.8) is 0 Å². The van der Waals surface area contributed by atoms with Gasteiger partial charge in [0.15, 0.2) is 5.78 Å². The molecule has 0 unspecified atom stereocenters. The number of phenolic OH excluding ortho intramolecular Hbond substituents is 1. The standard InChI is InChI=1S/C16H11NO5S/c1-22-16(21)13-6-10-14(20)11(7-12(19)15(10)23-13)17-8-2-4-9(18)5-3-8/h2-7,17-18H,1H3. The number of carbonyl (C=O) groups is 3. The van der Waals surface area contributed by atoms with Gasteiger partial charge in [0.25, 0.3) is 0 Å². The van der Waals surface area contributed by atoms with E-state index in [1.807, 2.05) is 0 Å². The van der Waals surface area contributed by atoms with Crippen molar-refractivity contribution in [2.24, 2.45) is 0 Å². The molecule has 1 aromatic heterocycles. The number of carbonyl (C=O) groups excluding carboxylic acids is 3. The average Bonchev–Trinajstić information content (AvgIpc) is 3.00. The van der Waals surface area contributed by atoms with Crippen molar-refractivity contribution in [2.75, 3.05) is 12.4 Å². The molecule has 0 radical (unpaired) electrons. The van der Waals surface area contributed by atoms with Gasteiger partial charge in [0.05, 0.1) is 17.7 Å². The van der Waals surface area contributed by atoms with E-state index < -0.39 is 5.97 Å². The van der Waals surface area contributed by atoms with E-state index in [0.29, 0.717) is 5.69 Å². The molecule has 1 aliphatic carbocycles. The van der Waals surface area contributed by atoms with Gasteiger partial charge in [-0.2, -0.15) is 0 Å². The minimum absolute atomic E-state index is 0.0958. The van der Waals surface area contributed by atoms with E-state index in [2.05, 4.69) is 10.1 Å². The number of rotatable bonds is 3. The number of aromatic hydroxyl groups is 1. The predicted octanol–water partition coefficient (Wildman–Crippen LogP) is 2.62. The topological polar surface area (TPSA) is 92.7 Å². The SMILES string of the molecule is COC(=O)c1cc2c(s1)C(=O)C=C(Nc1ccc(O)cc1)C2=O. The van der Waals surface area contributed by atoms with Crippen molar-refractivity contribution in [3.8, 4) is 5.75 Å². The highest BCUT2D eigenvalue weighted by atomic mass is 32.1. The summed E-state index contributed by atoms with van der Waals surface area (Å²) in [6.07, 6.45) is 1.20. The van der Waals surface area contributed by atoms with Gasteiger partial charge in [-0.15, -0.1) is 11.3 Å². The molecule has 7 heteroatoms. The quantitative estimate of drug-likeness (QED) is 0.664. The highest BCUT2D eigenvalue weighted by molar-refractivity contribution is 7.16. The Morgan fingerprint density at radius 3 is 2.57 bits per heavy atom. The lowest BCUT2D eigenvalue weighted by molar-refractivity contribution is 0.0606. The highest BCUT2D eigenvalue weighted by Crippen LogP contribution is 2.30. The van der Waals surface area contributed by atoms with E-state index in [0.717, 1.165) is 11.3 Å². The van der Waals surface area contributed by atoms with Gasteiger partial charge in [0.1, 0.15) is 10.6 Å². The number of esters is 1. The van der Waals surface area contributed by atoms with Crippen LogP contribution >= 0.6 is 11.3 Å². The molecule has 0 spiro atoms. The van der Waals surface area contributed by atoms with Gasteiger partial charge in [-0.25, -0.2) is 4.79 Å². The van der Waals surface area contributed by atoms with Gasteiger partial charge in [0, 0.05) is 17.3 Å². The minimum atomic E-state index is -0.585. The summed E-state index contributed by atoms with van der Waals surface area (Å²) in [5.74, 6) is -1.21. The molecule has 0 atom stereocenters. The fourth-order valence-electron chi connectivity index (χ4n) is 2.14. The summed E-state index contributed by atoms with van der Waals surface area (Å²) >= 11 is 0.940. The van der Waals surface area contributed by atoms with Crippen LogP contribution in [-0.2, 0) is 4.74 Å². The Labute approximate surface area is 135 Å². The van der Waals surface area contributed by atoms with Gasteiger partial charge in [-0.3, -0.25) is 9.59 Å². The Hall–Kier alpha value is -2.93. The van der Waals surface area contributed by atoms with E-state index in [1.165, 1.54) is 31.4 Å². The minimum Gasteiger partial charge on any atom is -0.508 e. The molecule has 1 aliphatic rings. The molecule has 0 saturated heterocycles. The first-order chi connectivity index (χ1) is 11.0. The zero-order valence-electron chi connectivity index (χ0n) is 12.0. The van der Waals surface area contributed by atoms with Crippen LogP contribution in [0.5, 0.6) is 5.75 Å². The predicted molar refractivity (Wildman–Crippen MR) is 84.1 cm³/mol.